The summed E-state index contributed by atoms with van der Waals surface area (Å²) < 4.78 is 28.3. The van der Waals surface area contributed by atoms with Gasteiger partial charge in [0, 0.05) is 17.3 Å². The summed E-state index contributed by atoms with van der Waals surface area (Å²) in [6.07, 6.45) is 1.97. The molecule has 0 aliphatic rings. The predicted molar refractivity (Wildman–Crippen MR) is 105 cm³/mol. The number of hydrogen-bond acceptors (Lipinski definition) is 5. The van der Waals surface area contributed by atoms with E-state index in [0.717, 1.165) is 33.5 Å². The molecule has 0 fully saturated rings. The molecule has 0 atom stereocenters. The maximum absolute atomic E-state index is 7.13. The summed E-state index contributed by atoms with van der Waals surface area (Å²) in [7, 11) is -2.45. The zero-order chi connectivity index (χ0) is 19.0. The fraction of sp³-hybridized carbons (Fsp3) is 0.111. The van der Waals surface area contributed by atoms with E-state index in [1.54, 1.807) is 24.3 Å². The lowest BCUT2D eigenvalue weighted by Crippen LogP contribution is -1.92. The minimum Gasteiger partial charge on any atom is -0.497 e. The highest BCUT2D eigenvalue weighted by molar-refractivity contribution is 7.14. The van der Waals surface area contributed by atoms with E-state index in [4.69, 9.17) is 8.85 Å². The molecule has 5 nitrogen and oxygen atoms in total. The van der Waals surface area contributed by atoms with Crippen LogP contribution in [0.3, 0.4) is 0 Å². The molecule has 0 spiro atoms. The number of benzene rings is 1. The number of ether oxygens (including phenoxy) is 1. The van der Waals surface area contributed by atoms with Crippen molar-refractivity contribution in [3.05, 3.63) is 59.7 Å². The van der Waals surface area contributed by atoms with Crippen LogP contribution in [0.1, 0.15) is 9.81 Å². The van der Waals surface area contributed by atoms with Crippen molar-refractivity contribution in [3.63, 3.8) is 0 Å². The van der Waals surface area contributed by atoms with Crippen LogP contribution in [0.2, 0.25) is 0 Å². The van der Waals surface area contributed by atoms with Crippen LogP contribution >= 0.6 is 23.7 Å². The van der Waals surface area contributed by atoms with E-state index in [1.807, 2.05) is 41.1 Å². The number of aryl methyl sites for hydroxylation is 1. The van der Waals surface area contributed by atoms with E-state index < -0.39 is 7.04 Å². The topological polar surface area (TPSA) is 51.5 Å². The molecular weight excluding hydrogens is 356 g/mol. The number of pyridine rings is 1. The number of nitrogens with one attached hydrogen (secondary N) is 1. The number of rotatable bonds is 4. The first kappa shape index (κ1) is 13.7. The van der Waals surface area contributed by atoms with Gasteiger partial charge in [0.25, 0.3) is 0 Å². The van der Waals surface area contributed by atoms with Gasteiger partial charge in [-0.05, 0) is 43.3 Å². The molecule has 4 rings (SSSR count). The summed E-state index contributed by atoms with van der Waals surface area (Å²) in [5, 5.41) is 5.95. The normalized spacial score (nSPS) is 12.8. The molecule has 0 radical (unpaired) electrons. The van der Waals surface area contributed by atoms with Gasteiger partial charge in [-0.1, -0.05) is 6.07 Å². The van der Waals surface area contributed by atoms with Crippen molar-refractivity contribution in [3.8, 4) is 17.1 Å². The number of anilines is 2. The highest BCUT2D eigenvalue weighted by atomic mass is 35.5. The third-order valence-electron chi connectivity index (χ3n) is 3.67. The van der Waals surface area contributed by atoms with Gasteiger partial charge in [-0.15, -0.1) is 23.7 Å². The van der Waals surface area contributed by atoms with Crippen LogP contribution < -0.4 is 10.1 Å². The van der Waals surface area contributed by atoms with E-state index in [9.17, 15) is 0 Å². The number of imidazole rings is 1. The summed E-state index contributed by atoms with van der Waals surface area (Å²) in [4.78, 5) is 9.24. The van der Waals surface area contributed by atoms with Gasteiger partial charge < -0.3 is 10.1 Å². The van der Waals surface area contributed by atoms with Crippen LogP contribution in [0, 0.1) is 6.92 Å². The molecule has 3 heterocycles. The zero-order valence-electron chi connectivity index (χ0n) is 16.3. The Morgan fingerprint density at radius 1 is 1.16 bits per heavy atom. The van der Waals surface area contributed by atoms with E-state index in [2.05, 4.69) is 15.3 Å². The number of nitrogens with zero attached hydrogens (tertiary/aromatic N) is 3. The molecule has 128 valence electrons. The Labute approximate surface area is 160 Å². The first-order valence-corrected chi connectivity index (χ1v) is 8.23. The van der Waals surface area contributed by atoms with E-state index in [1.165, 1.54) is 11.3 Å². The SMILES string of the molecule is Cl.[2H]C([2H])([2H])Oc1ccc(Nc2nc(-c3c(C)nc4ccccn34)cs2)cc1. The number of fused-ring (bicyclic) bond motifs is 1. The zero-order valence-corrected chi connectivity index (χ0v) is 14.9. The van der Waals surface area contributed by atoms with Gasteiger partial charge in [0.15, 0.2) is 5.13 Å². The Morgan fingerprint density at radius 2 is 2.00 bits per heavy atom. The summed E-state index contributed by atoms with van der Waals surface area (Å²) >= 11 is 1.49. The maximum Gasteiger partial charge on any atom is 0.187 e. The lowest BCUT2D eigenvalue weighted by molar-refractivity contribution is 0.415. The smallest absolute Gasteiger partial charge is 0.187 e. The third kappa shape index (κ3) is 3.31. The van der Waals surface area contributed by atoms with Crippen molar-refractivity contribution < 1.29 is 8.85 Å². The standard InChI is InChI=1S/C18H16N4OS.ClH/c1-12-17(22-10-4-3-5-16(22)19-12)15-11-24-18(21-15)20-13-6-8-14(23-2)9-7-13;/h3-11H,1-2H3,(H,20,21);1H/i2D3;. The van der Waals surface area contributed by atoms with Crippen molar-refractivity contribution in [2.24, 2.45) is 0 Å². The van der Waals surface area contributed by atoms with Gasteiger partial charge in [-0.25, -0.2) is 9.97 Å². The van der Waals surface area contributed by atoms with Crippen molar-refractivity contribution in [1.82, 2.24) is 14.4 Å². The Kier molecular flexibility index (Phi) is 3.90. The Balaban J connectivity index is 0.00000225. The molecule has 0 saturated heterocycles. The average Bonchev–Trinajstić information content (AvgIpc) is 3.18. The first-order chi connectivity index (χ1) is 12.9. The molecule has 0 amide bonds. The van der Waals surface area contributed by atoms with Crippen LogP contribution in [-0.4, -0.2) is 21.4 Å². The van der Waals surface area contributed by atoms with E-state index >= 15 is 0 Å². The molecule has 0 saturated carbocycles. The first-order valence-electron chi connectivity index (χ1n) is 8.85. The van der Waals surface area contributed by atoms with Crippen LogP contribution in [0.25, 0.3) is 17.0 Å². The van der Waals surface area contributed by atoms with Crippen molar-refractivity contribution in [1.29, 1.82) is 0 Å². The molecule has 25 heavy (non-hydrogen) atoms. The second kappa shape index (κ2) is 7.13. The fourth-order valence-corrected chi connectivity index (χ4v) is 3.31. The molecule has 1 N–H and O–H groups in total. The van der Waals surface area contributed by atoms with Crippen LogP contribution in [0.4, 0.5) is 10.8 Å². The lowest BCUT2D eigenvalue weighted by atomic mass is 10.3. The van der Waals surface area contributed by atoms with Crippen molar-refractivity contribution >= 4 is 40.2 Å². The number of aromatic nitrogens is 3. The molecule has 1 aromatic carbocycles. The molecule has 4 aromatic rings. The lowest BCUT2D eigenvalue weighted by Gasteiger charge is -2.04. The quantitative estimate of drug-likeness (QED) is 0.548. The number of methoxy groups -OCH3 is 1. The van der Waals surface area contributed by atoms with Gasteiger partial charge in [0.05, 0.1) is 22.5 Å². The molecule has 0 aliphatic heterocycles. The molecule has 0 unspecified atom stereocenters. The van der Waals surface area contributed by atoms with Gasteiger partial charge in [0.2, 0.25) is 0 Å². The largest absolute Gasteiger partial charge is 0.497 e. The predicted octanol–water partition coefficient (Wildman–Crippen LogP) is 4.94. The Hall–Kier alpha value is -2.57. The second-order valence-electron chi connectivity index (χ2n) is 5.26. The van der Waals surface area contributed by atoms with Gasteiger partial charge in [0.1, 0.15) is 17.1 Å². The number of halogens is 1. The maximum atomic E-state index is 7.13. The average molecular weight is 376 g/mol. The van der Waals surface area contributed by atoms with Crippen LogP contribution in [-0.2, 0) is 0 Å². The summed E-state index contributed by atoms with van der Waals surface area (Å²) in [6, 6.07) is 12.6. The summed E-state index contributed by atoms with van der Waals surface area (Å²) in [5.74, 6) is 0.293. The van der Waals surface area contributed by atoms with Crippen molar-refractivity contribution in [2.45, 2.75) is 6.92 Å². The molecule has 0 aliphatic carbocycles. The number of thiazole rings is 1. The molecule has 3 aromatic heterocycles. The summed E-state index contributed by atoms with van der Waals surface area (Å²) in [6.45, 7) is 1.97. The van der Waals surface area contributed by atoms with Gasteiger partial charge in [-0.3, -0.25) is 4.40 Å². The highest BCUT2D eigenvalue weighted by Gasteiger charge is 2.13. The summed E-state index contributed by atoms with van der Waals surface area (Å²) in [5.41, 5.74) is 4.42. The van der Waals surface area contributed by atoms with E-state index in [-0.39, 0.29) is 12.4 Å². The minimum absolute atomic E-state index is 0. The molecule has 7 heteroatoms. The van der Waals surface area contributed by atoms with E-state index in [0.29, 0.717) is 5.75 Å². The van der Waals surface area contributed by atoms with Gasteiger partial charge in [-0.2, -0.15) is 0 Å². The van der Waals surface area contributed by atoms with Gasteiger partial charge >= 0.3 is 0 Å². The third-order valence-corrected chi connectivity index (χ3v) is 4.43. The number of hydrogen-bond donors (Lipinski definition) is 1. The van der Waals surface area contributed by atoms with Crippen molar-refractivity contribution in [2.75, 3.05) is 12.4 Å². The second-order valence-corrected chi connectivity index (χ2v) is 6.12. The van der Waals surface area contributed by atoms with Crippen LogP contribution in [0.15, 0.2) is 54.0 Å². The Bertz CT molecular complexity index is 1090. The van der Waals surface area contributed by atoms with Crippen LogP contribution in [0.5, 0.6) is 5.75 Å². The minimum atomic E-state index is -2.45. The Morgan fingerprint density at radius 3 is 2.80 bits per heavy atom. The molecular formula is C18H17ClN4OS. The molecule has 0 bridgehead atoms. The highest BCUT2D eigenvalue weighted by Crippen LogP contribution is 2.30. The monoisotopic (exact) mass is 375 g/mol. The fourth-order valence-electron chi connectivity index (χ4n) is 2.59.